The second-order valence-corrected chi connectivity index (χ2v) is 3.11. The van der Waals surface area contributed by atoms with Crippen molar-refractivity contribution >= 4 is 0 Å². The Bertz CT molecular complexity index is 229. The SMILES string of the molecule is CCC(C)n1cnc(CCN)c1. The van der Waals surface area contributed by atoms with E-state index in [9.17, 15) is 0 Å². The number of rotatable bonds is 4. The zero-order chi connectivity index (χ0) is 8.97. The third kappa shape index (κ3) is 2.08. The number of aromatic nitrogens is 2. The molecule has 2 N–H and O–H groups in total. The van der Waals surface area contributed by atoms with Gasteiger partial charge in [0.05, 0.1) is 12.0 Å². The molecule has 1 rings (SSSR count). The molecule has 0 aliphatic rings. The van der Waals surface area contributed by atoms with Gasteiger partial charge in [-0.1, -0.05) is 6.92 Å². The van der Waals surface area contributed by atoms with Gasteiger partial charge in [-0.05, 0) is 19.9 Å². The summed E-state index contributed by atoms with van der Waals surface area (Å²) in [6, 6.07) is 0.545. The van der Waals surface area contributed by atoms with Crippen LogP contribution in [0.5, 0.6) is 0 Å². The molecule has 12 heavy (non-hydrogen) atoms. The predicted molar refractivity (Wildman–Crippen MR) is 50.0 cm³/mol. The van der Waals surface area contributed by atoms with Crippen LogP contribution in [0.4, 0.5) is 0 Å². The number of hydrogen-bond donors (Lipinski definition) is 1. The van der Waals surface area contributed by atoms with Crippen molar-refractivity contribution in [3.05, 3.63) is 18.2 Å². The maximum absolute atomic E-state index is 5.43. The van der Waals surface area contributed by atoms with Gasteiger partial charge >= 0.3 is 0 Å². The molecule has 0 fully saturated rings. The molecule has 1 unspecified atom stereocenters. The van der Waals surface area contributed by atoms with E-state index in [1.807, 2.05) is 6.33 Å². The van der Waals surface area contributed by atoms with Gasteiger partial charge < -0.3 is 10.3 Å². The van der Waals surface area contributed by atoms with E-state index in [-0.39, 0.29) is 0 Å². The van der Waals surface area contributed by atoms with E-state index in [0.29, 0.717) is 12.6 Å². The lowest BCUT2D eigenvalue weighted by atomic mass is 10.2. The molecule has 0 radical (unpaired) electrons. The minimum absolute atomic E-state index is 0.545. The molecule has 1 heterocycles. The van der Waals surface area contributed by atoms with E-state index in [0.717, 1.165) is 18.5 Å². The molecule has 1 aromatic rings. The summed E-state index contributed by atoms with van der Waals surface area (Å²) in [6.07, 6.45) is 5.99. The summed E-state index contributed by atoms with van der Waals surface area (Å²) in [6.45, 7) is 5.04. The first-order chi connectivity index (χ1) is 5.77. The third-order valence-electron chi connectivity index (χ3n) is 2.16. The lowest BCUT2D eigenvalue weighted by Crippen LogP contribution is -2.03. The van der Waals surface area contributed by atoms with Crippen LogP contribution in [0.25, 0.3) is 0 Å². The van der Waals surface area contributed by atoms with Crippen LogP contribution in [0.15, 0.2) is 12.5 Å². The van der Waals surface area contributed by atoms with Gasteiger partial charge in [0.25, 0.3) is 0 Å². The van der Waals surface area contributed by atoms with Gasteiger partial charge in [0.2, 0.25) is 0 Å². The fourth-order valence-electron chi connectivity index (χ4n) is 1.11. The van der Waals surface area contributed by atoms with Crippen molar-refractivity contribution in [1.29, 1.82) is 0 Å². The van der Waals surface area contributed by atoms with E-state index in [2.05, 4.69) is 29.6 Å². The fourth-order valence-corrected chi connectivity index (χ4v) is 1.11. The molecular formula is C9H17N3. The van der Waals surface area contributed by atoms with E-state index >= 15 is 0 Å². The average Bonchev–Trinajstić information content (AvgIpc) is 2.52. The van der Waals surface area contributed by atoms with Gasteiger partial charge in [-0.25, -0.2) is 4.98 Å². The molecule has 3 heteroatoms. The standard InChI is InChI=1S/C9H17N3/c1-3-8(2)12-6-9(4-5-10)11-7-12/h6-8H,3-5,10H2,1-2H3. The fraction of sp³-hybridized carbons (Fsp3) is 0.667. The molecule has 0 spiro atoms. The zero-order valence-corrected chi connectivity index (χ0v) is 7.83. The monoisotopic (exact) mass is 167 g/mol. The summed E-state index contributed by atoms with van der Waals surface area (Å²) < 4.78 is 2.14. The van der Waals surface area contributed by atoms with E-state index in [1.54, 1.807) is 0 Å². The van der Waals surface area contributed by atoms with Crippen LogP contribution in [0.2, 0.25) is 0 Å². The minimum atomic E-state index is 0.545. The Labute approximate surface area is 73.6 Å². The number of nitrogens with zero attached hydrogens (tertiary/aromatic N) is 2. The summed E-state index contributed by atoms with van der Waals surface area (Å²) >= 11 is 0. The first kappa shape index (κ1) is 9.26. The molecule has 0 aromatic carbocycles. The normalized spacial score (nSPS) is 13.2. The lowest BCUT2D eigenvalue weighted by molar-refractivity contribution is 0.530. The number of hydrogen-bond acceptors (Lipinski definition) is 2. The summed E-state index contributed by atoms with van der Waals surface area (Å²) in [7, 11) is 0. The highest BCUT2D eigenvalue weighted by molar-refractivity contribution is 4.98. The second-order valence-electron chi connectivity index (χ2n) is 3.11. The number of nitrogens with two attached hydrogens (primary N) is 1. The van der Waals surface area contributed by atoms with Gasteiger partial charge in [-0.3, -0.25) is 0 Å². The van der Waals surface area contributed by atoms with Crippen molar-refractivity contribution in [3.63, 3.8) is 0 Å². The van der Waals surface area contributed by atoms with Crippen molar-refractivity contribution in [3.8, 4) is 0 Å². The van der Waals surface area contributed by atoms with Crippen molar-refractivity contribution < 1.29 is 0 Å². The van der Waals surface area contributed by atoms with Crippen LogP contribution in [0.1, 0.15) is 32.0 Å². The summed E-state index contributed by atoms with van der Waals surface area (Å²) in [5.41, 5.74) is 6.52. The topological polar surface area (TPSA) is 43.8 Å². The molecule has 0 saturated carbocycles. The van der Waals surface area contributed by atoms with Gasteiger partial charge in [0.1, 0.15) is 0 Å². The molecule has 0 aliphatic carbocycles. The summed E-state index contributed by atoms with van der Waals surface area (Å²) in [5, 5.41) is 0. The Hall–Kier alpha value is -0.830. The maximum atomic E-state index is 5.43. The van der Waals surface area contributed by atoms with Gasteiger partial charge in [0, 0.05) is 18.7 Å². The molecule has 1 aromatic heterocycles. The van der Waals surface area contributed by atoms with Gasteiger partial charge in [-0.2, -0.15) is 0 Å². The molecule has 0 bridgehead atoms. The van der Waals surface area contributed by atoms with Crippen LogP contribution < -0.4 is 5.73 Å². The van der Waals surface area contributed by atoms with E-state index < -0.39 is 0 Å². The Morgan fingerprint density at radius 3 is 3.00 bits per heavy atom. The van der Waals surface area contributed by atoms with Gasteiger partial charge in [-0.15, -0.1) is 0 Å². The first-order valence-electron chi connectivity index (χ1n) is 4.50. The van der Waals surface area contributed by atoms with E-state index in [4.69, 9.17) is 5.73 Å². The molecule has 1 atom stereocenters. The lowest BCUT2D eigenvalue weighted by Gasteiger charge is -2.08. The molecule has 0 saturated heterocycles. The number of imidazole rings is 1. The molecule has 0 amide bonds. The summed E-state index contributed by atoms with van der Waals surface area (Å²) in [4.78, 5) is 4.26. The predicted octanol–water partition coefficient (Wildman–Crippen LogP) is 1.36. The highest BCUT2D eigenvalue weighted by Gasteiger charge is 2.02. The second kappa shape index (κ2) is 4.26. The smallest absolute Gasteiger partial charge is 0.0951 e. The van der Waals surface area contributed by atoms with Crippen LogP contribution in [0, 0.1) is 0 Å². The van der Waals surface area contributed by atoms with Crippen LogP contribution in [-0.4, -0.2) is 16.1 Å². The zero-order valence-electron chi connectivity index (χ0n) is 7.83. The Morgan fingerprint density at radius 1 is 1.67 bits per heavy atom. The molecule has 0 aliphatic heterocycles. The molecule has 68 valence electrons. The summed E-state index contributed by atoms with van der Waals surface area (Å²) in [5.74, 6) is 0. The molecular weight excluding hydrogens is 150 g/mol. The quantitative estimate of drug-likeness (QED) is 0.735. The maximum Gasteiger partial charge on any atom is 0.0951 e. The van der Waals surface area contributed by atoms with Crippen molar-refractivity contribution in [2.24, 2.45) is 5.73 Å². The highest BCUT2D eigenvalue weighted by Crippen LogP contribution is 2.10. The van der Waals surface area contributed by atoms with Crippen molar-refractivity contribution in [2.45, 2.75) is 32.7 Å². The minimum Gasteiger partial charge on any atom is -0.334 e. The first-order valence-corrected chi connectivity index (χ1v) is 4.50. The Balaban J connectivity index is 2.63. The average molecular weight is 167 g/mol. The Kier molecular flexibility index (Phi) is 3.29. The van der Waals surface area contributed by atoms with Crippen molar-refractivity contribution in [1.82, 2.24) is 9.55 Å². The molecule has 3 nitrogen and oxygen atoms in total. The third-order valence-corrected chi connectivity index (χ3v) is 2.16. The van der Waals surface area contributed by atoms with Crippen molar-refractivity contribution in [2.75, 3.05) is 6.54 Å². The van der Waals surface area contributed by atoms with Gasteiger partial charge in [0.15, 0.2) is 0 Å². The van der Waals surface area contributed by atoms with Crippen LogP contribution >= 0.6 is 0 Å². The highest BCUT2D eigenvalue weighted by atomic mass is 15.1. The van der Waals surface area contributed by atoms with E-state index in [1.165, 1.54) is 0 Å². The Morgan fingerprint density at radius 2 is 2.42 bits per heavy atom. The van der Waals surface area contributed by atoms with Crippen LogP contribution in [0.3, 0.4) is 0 Å². The largest absolute Gasteiger partial charge is 0.334 e. The van der Waals surface area contributed by atoms with Crippen LogP contribution in [-0.2, 0) is 6.42 Å².